The van der Waals surface area contributed by atoms with E-state index in [0.29, 0.717) is 25.6 Å². The molecule has 0 saturated carbocycles. The van der Waals surface area contributed by atoms with E-state index in [2.05, 4.69) is 13.8 Å². The van der Waals surface area contributed by atoms with E-state index in [1.54, 1.807) is 0 Å². The lowest BCUT2D eigenvalue weighted by atomic mass is 10.1. The van der Waals surface area contributed by atoms with Gasteiger partial charge in [0.2, 0.25) is 0 Å². The Bertz CT molecular complexity index is 128. The molecule has 2 unspecified atom stereocenters. The molecule has 0 N–H and O–H groups in total. The molecule has 0 aromatic rings. The molecule has 1 fully saturated rings. The lowest BCUT2D eigenvalue weighted by molar-refractivity contribution is -0.0896. The fraction of sp³-hybridized carbons (Fsp3) is 1.00. The zero-order valence-electron chi connectivity index (χ0n) is 7.75. The minimum Gasteiger partial charge on any atom is -0.378 e. The summed E-state index contributed by atoms with van der Waals surface area (Å²) in [5.74, 6) is 0.472. The second kappa shape index (κ2) is 4.77. The zero-order chi connectivity index (χ0) is 8.97. The predicted molar refractivity (Wildman–Crippen MR) is 44.9 cm³/mol. The Balaban J connectivity index is 2.20. The van der Waals surface area contributed by atoms with Gasteiger partial charge in [0.25, 0.3) is 0 Å². The van der Waals surface area contributed by atoms with Crippen molar-refractivity contribution >= 4 is 0 Å². The number of rotatable bonds is 3. The second-order valence-corrected chi connectivity index (χ2v) is 3.65. The van der Waals surface area contributed by atoms with E-state index in [9.17, 15) is 4.39 Å². The van der Waals surface area contributed by atoms with Crippen molar-refractivity contribution < 1.29 is 13.9 Å². The maximum absolute atomic E-state index is 13.0. The van der Waals surface area contributed by atoms with Crippen molar-refractivity contribution in [1.82, 2.24) is 0 Å². The highest BCUT2D eigenvalue weighted by molar-refractivity contribution is 4.73. The Morgan fingerprint density at radius 2 is 2.33 bits per heavy atom. The molecule has 1 aliphatic rings. The van der Waals surface area contributed by atoms with E-state index in [0.717, 1.165) is 0 Å². The molecule has 1 aliphatic heterocycles. The minimum absolute atomic E-state index is 0.197. The molecule has 0 aromatic heterocycles. The van der Waals surface area contributed by atoms with E-state index < -0.39 is 6.17 Å². The first-order valence-electron chi connectivity index (χ1n) is 4.53. The highest BCUT2D eigenvalue weighted by atomic mass is 19.1. The van der Waals surface area contributed by atoms with Gasteiger partial charge in [-0.15, -0.1) is 0 Å². The van der Waals surface area contributed by atoms with E-state index in [1.807, 2.05) is 0 Å². The molecule has 2 nitrogen and oxygen atoms in total. The molecule has 0 amide bonds. The standard InChI is InChI=1S/C9H17FO2/c1-7(2)5-12-9-3-4-11-6-8(9)10/h7-9H,3-6H2,1-2H3. The molecule has 3 heteroatoms. The molecule has 0 radical (unpaired) electrons. The molecular weight excluding hydrogens is 159 g/mol. The van der Waals surface area contributed by atoms with Gasteiger partial charge in [-0.25, -0.2) is 4.39 Å². The molecule has 12 heavy (non-hydrogen) atoms. The first-order valence-corrected chi connectivity index (χ1v) is 4.53. The third-order valence-corrected chi connectivity index (χ3v) is 1.87. The highest BCUT2D eigenvalue weighted by Crippen LogP contribution is 2.15. The van der Waals surface area contributed by atoms with E-state index in [4.69, 9.17) is 9.47 Å². The van der Waals surface area contributed by atoms with Gasteiger partial charge in [-0.05, 0) is 12.3 Å². The van der Waals surface area contributed by atoms with Crippen molar-refractivity contribution in [3.8, 4) is 0 Å². The van der Waals surface area contributed by atoms with Crippen molar-refractivity contribution in [1.29, 1.82) is 0 Å². The lowest BCUT2D eigenvalue weighted by Gasteiger charge is -2.26. The zero-order valence-corrected chi connectivity index (χ0v) is 7.75. The molecule has 1 rings (SSSR count). The van der Waals surface area contributed by atoms with Gasteiger partial charge < -0.3 is 9.47 Å². The van der Waals surface area contributed by atoms with Crippen LogP contribution in [0.4, 0.5) is 4.39 Å². The fourth-order valence-electron chi connectivity index (χ4n) is 1.19. The van der Waals surface area contributed by atoms with Gasteiger partial charge in [-0.3, -0.25) is 0 Å². The summed E-state index contributed by atoms with van der Waals surface area (Å²) in [5, 5.41) is 0. The van der Waals surface area contributed by atoms with Crippen LogP contribution in [0.3, 0.4) is 0 Å². The summed E-state index contributed by atoms with van der Waals surface area (Å²) in [6.07, 6.45) is -0.480. The van der Waals surface area contributed by atoms with Crippen molar-refractivity contribution in [2.24, 2.45) is 5.92 Å². The quantitative estimate of drug-likeness (QED) is 0.652. The number of ether oxygens (including phenoxy) is 2. The number of halogens is 1. The Kier molecular flexibility index (Phi) is 3.95. The van der Waals surface area contributed by atoms with Gasteiger partial charge in [0, 0.05) is 13.2 Å². The summed E-state index contributed by atoms with van der Waals surface area (Å²) in [4.78, 5) is 0. The van der Waals surface area contributed by atoms with Gasteiger partial charge in [-0.2, -0.15) is 0 Å². The summed E-state index contributed by atoms with van der Waals surface area (Å²) < 4.78 is 23.4. The highest BCUT2D eigenvalue weighted by Gasteiger charge is 2.25. The topological polar surface area (TPSA) is 18.5 Å². The first-order chi connectivity index (χ1) is 5.70. The van der Waals surface area contributed by atoms with Crippen LogP contribution in [0.2, 0.25) is 0 Å². The minimum atomic E-state index is -0.933. The van der Waals surface area contributed by atoms with Crippen molar-refractivity contribution in [3.05, 3.63) is 0 Å². The monoisotopic (exact) mass is 176 g/mol. The molecule has 1 saturated heterocycles. The summed E-state index contributed by atoms with van der Waals surface area (Å²) in [6.45, 7) is 5.59. The smallest absolute Gasteiger partial charge is 0.149 e. The largest absolute Gasteiger partial charge is 0.378 e. The molecular formula is C9H17FO2. The Morgan fingerprint density at radius 1 is 1.58 bits per heavy atom. The van der Waals surface area contributed by atoms with Crippen LogP contribution in [0.25, 0.3) is 0 Å². The average molecular weight is 176 g/mol. The summed E-state index contributed by atoms with van der Waals surface area (Å²) in [6, 6.07) is 0. The van der Waals surface area contributed by atoms with Crippen LogP contribution in [0.15, 0.2) is 0 Å². The molecule has 0 spiro atoms. The Morgan fingerprint density at radius 3 is 2.92 bits per heavy atom. The van der Waals surface area contributed by atoms with E-state index in [-0.39, 0.29) is 12.7 Å². The van der Waals surface area contributed by atoms with Crippen LogP contribution >= 0.6 is 0 Å². The lowest BCUT2D eigenvalue weighted by Crippen LogP contribution is -2.36. The Hall–Kier alpha value is -0.150. The van der Waals surface area contributed by atoms with Crippen LogP contribution in [0.1, 0.15) is 20.3 Å². The van der Waals surface area contributed by atoms with E-state index in [1.165, 1.54) is 0 Å². The van der Waals surface area contributed by atoms with Crippen LogP contribution in [0.5, 0.6) is 0 Å². The van der Waals surface area contributed by atoms with Crippen molar-refractivity contribution in [2.75, 3.05) is 19.8 Å². The molecule has 0 aliphatic carbocycles. The maximum Gasteiger partial charge on any atom is 0.149 e. The summed E-state index contributed by atoms with van der Waals surface area (Å²) in [5.41, 5.74) is 0. The molecule has 72 valence electrons. The summed E-state index contributed by atoms with van der Waals surface area (Å²) in [7, 11) is 0. The van der Waals surface area contributed by atoms with Crippen LogP contribution < -0.4 is 0 Å². The number of hydrogen-bond donors (Lipinski definition) is 0. The number of alkyl halides is 1. The van der Waals surface area contributed by atoms with Gasteiger partial charge in [-0.1, -0.05) is 13.8 Å². The van der Waals surface area contributed by atoms with Gasteiger partial charge >= 0.3 is 0 Å². The third kappa shape index (κ3) is 3.07. The van der Waals surface area contributed by atoms with Gasteiger partial charge in [0.05, 0.1) is 12.7 Å². The van der Waals surface area contributed by atoms with Gasteiger partial charge in [0.15, 0.2) is 0 Å². The fourth-order valence-corrected chi connectivity index (χ4v) is 1.19. The molecule has 0 bridgehead atoms. The van der Waals surface area contributed by atoms with Crippen LogP contribution in [-0.2, 0) is 9.47 Å². The third-order valence-electron chi connectivity index (χ3n) is 1.87. The molecule has 1 heterocycles. The van der Waals surface area contributed by atoms with Crippen molar-refractivity contribution in [2.45, 2.75) is 32.5 Å². The van der Waals surface area contributed by atoms with Crippen LogP contribution in [-0.4, -0.2) is 32.1 Å². The number of hydrogen-bond acceptors (Lipinski definition) is 2. The maximum atomic E-state index is 13.0. The normalized spacial score (nSPS) is 31.0. The first kappa shape index (κ1) is 9.93. The van der Waals surface area contributed by atoms with Gasteiger partial charge in [0.1, 0.15) is 6.17 Å². The van der Waals surface area contributed by atoms with E-state index >= 15 is 0 Å². The molecule has 2 atom stereocenters. The summed E-state index contributed by atoms with van der Waals surface area (Å²) >= 11 is 0. The SMILES string of the molecule is CC(C)COC1CCOCC1F. The predicted octanol–water partition coefficient (Wildman–Crippen LogP) is 1.79. The Labute approximate surface area is 73.0 Å². The van der Waals surface area contributed by atoms with Crippen molar-refractivity contribution in [3.63, 3.8) is 0 Å². The van der Waals surface area contributed by atoms with Crippen LogP contribution in [0, 0.1) is 5.92 Å². The average Bonchev–Trinajstić information content (AvgIpc) is 2.03. The second-order valence-electron chi connectivity index (χ2n) is 3.65. The molecule has 0 aromatic carbocycles.